The fourth-order valence-electron chi connectivity index (χ4n) is 2.51. The quantitative estimate of drug-likeness (QED) is 0.759. The molecule has 0 fully saturated rings. The highest BCUT2D eigenvalue weighted by Gasteiger charge is 2.18. The lowest BCUT2D eigenvalue weighted by molar-refractivity contribution is -0.109. The number of hydrogen-bond acceptors (Lipinski definition) is 5. The number of carbonyl (C=O) groups is 2. The van der Waals surface area contributed by atoms with Crippen LogP contribution < -0.4 is 10.6 Å². The van der Waals surface area contributed by atoms with Crippen LogP contribution in [0.4, 0.5) is 10.6 Å². The van der Waals surface area contributed by atoms with Crippen molar-refractivity contribution in [2.45, 2.75) is 59.1 Å². The minimum absolute atomic E-state index is 0.0340. The predicted molar refractivity (Wildman–Crippen MR) is 109 cm³/mol. The molecule has 2 amide bonds. The highest BCUT2D eigenvalue weighted by atomic mass is 16.6. The number of rotatable bonds is 5. The van der Waals surface area contributed by atoms with E-state index in [9.17, 15) is 9.59 Å². The first-order chi connectivity index (χ1) is 13.0. The molecule has 2 aromatic rings. The monoisotopic (exact) mass is 384 g/mol. The zero-order valence-electron chi connectivity index (χ0n) is 17.3. The Balaban J connectivity index is 2.36. The van der Waals surface area contributed by atoms with Crippen molar-refractivity contribution < 1.29 is 14.3 Å². The van der Waals surface area contributed by atoms with Gasteiger partial charge in [0.25, 0.3) is 0 Å². The molecular formula is C21H28N4O3. The molecule has 1 heterocycles. The van der Waals surface area contributed by atoms with E-state index in [1.807, 2.05) is 24.3 Å². The van der Waals surface area contributed by atoms with Crippen LogP contribution in [0.2, 0.25) is 0 Å². The van der Waals surface area contributed by atoms with E-state index < -0.39 is 11.7 Å². The zero-order valence-corrected chi connectivity index (χ0v) is 17.3. The fourth-order valence-corrected chi connectivity index (χ4v) is 2.51. The molecule has 0 saturated carbocycles. The molecule has 0 radical (unpaired) electrons. The maximum Gasteiger partial charge on any atom is 0.413 e. The van der Waals surface area contributed by atoms with Gasteiger partial charge in [0, 0.05) is 5.56 Å². The minimum atomic E-state index is -0.614. The standard InChI is InChI=1S/C21H28N4O3/c1-20(2,3)15-9-7-14(8-10-15)18-16(11-22-13-26)23-12-17(24-18)25-19(27)28-21(4,5)6/h7-10,12-13H,11H2,1-6H3,(H,22,26)(H,24,25,27). The van der Waals surface area contributed by atoms with Crippen LogP contribution in [0.1, 0.15) is 52.8 Å². The van der Waals surface area contributed by atoms with E-state index in [0.29, 0.717) is 17.8 Å². The van der Waals surface area contributed by atoms with E-state index in [-0.39, 0.29) is 17.8 Å². The molecule has 0 bridgehead atoms. The summed E-state index contributed by atoms with van der Waals surface area (Å²) in [4.78, 5) is 31.6. The van der Waals surface area contributed by atoms with Gasteiger partial charge in [0.15, 0.2) is 5.82 Å². The lowest BCUT2D eigenvalue weighted by Crippen LogP contribution is -2.27. The number of nitrogens with one attached hydrogen (secondary N) is 2. The van der Waals surface area contributed by atoms with Gasteiger partial charge in [-0.05, 0) is 31.7 Å². The summed E-state index contributed by atoms with van der Waals surface area (Å²) < 4.78 is 5.26. The molecule has 0 aliphatic carbocycles. The normalized spacial score (nSPS) is 11.6. The molecule has 0 atom stereocenters. The third-order valence-corrected chi connectivity index (χ3v) is 3.85. The molecule has 1 aromatic carbocycles. The molecule has 0 spiro atoms. The van der Waals surface area contributed by atoms with Crippen molar-refractivity contribution in [3.63, 3.8) is 0 Å². The van der Waals surface area contributed by atoms with Gasteiger partial charge in [-0.2, -0.15) is 0 Å². The highest BCUT2D eigenvalue weighted by Crippen LogP contribution is 2.27. The lowest BCUT2D eigenvalue weighted by Gasteiger charge is -2.20. The summed E-state index contributed by atoms with van der Waals surface area (Å²) in [7, 11) is 0. The summed E-state index contributed by atoms with van der Waals surface area (Å²) >= 11 is 0. The Labute approximate surface area is 165 Å². The number of hydrogen-bond donors (Lipinski definition) is 2. The summed E-state index contributed by atoms with van der Waals surface area (Å²) in [5.74, 6) is 0.277. The van der Waals surface area contributed by atoms with Crippen molar-refractivity contribution in [3.05, 3.63) is 41.7 Å². The SMILES string of the molecule is CC(C)(C)OC(=O)Nc1cnc(CNC=O)c(-c2ccc(C(C)(C)C)cc2)n1. The first-order valence-corrected chi connectivity index (χ1v) is 9.13. The first-order valence-electron chi connectivity index (χ1n) is 9.13. The van der Waals surface area contributed by atoms with E-state index in [4.69, 9.17) is 4.74 Å². The summed E-state index contributed by atoms with van der Waals surface area (Å²) in [6.07, 6.45) is 1.45. The Morgan fingerprint density at radius 2 is 1.75 bits per heavy atom. The molecule has 1 aromatic heterocycles. The molecule has 150 valence electrons. The van der Waals surface area contributed by atoms with Gasteiger partial charge in [-0.3, -0.25) is 15.1 Å². The maximum absolute atomic E-state index is 12.0. The molecule has 2 N–H and O–H groups in total. The zero-order chi connectivity index (χ0) is 20.9. The van der Waals surface area contributed by atoms with E-state index in [1.165, 1.54) is 11.8 Å². The Hall–Kier alpha value is -2.96. The first kappa shape index (κ1) is 21.3. The number of amides is 2. The largest absolute Gasteiger partial charge is 0.444 e. The van der Waals surface area contributed by atoms with Gasteiger partial charge in [0.2, 0.25) is 6.41 Å². The highest BCUT2D eigenvalue weighted by molar-refractivity contribution is 5.84. The van der Waals surface area contributed by atoms with Gasteiger partial charge in [0.1, 0.15) is 5.60 Å². The van der Waals surface area contributed by atoms with Gasteiger partial charge in [-0.15, -0.1) is 0 Å². The van der Waals surface area contributed by atoms with Crippen LogP contribution in [0.25, 0.3) is 11.3 Å². The molecule has 2 rings (SSSR count). The van der Waals surface area contributed by atoms with Crippen LogP contribution in [-0.2, 0) is 21.5 Å². The van der Waals surface area contributed by atoms with Gasteiger partial charge in [-0.1, -0.05) is 45.0 Å². The van der Waals surface area contributed by atoms with Crippen molar-refractivity contribution in [2.75, 3.05) is 5.32 Å². The van der Waals surface area contributed by atoms with Crippen LogP contribution in [0, 0.1) is 0 Å². The van der Waals surface area contributed by atoms with E-state index in [0.717, 1.165) is 5.56 Å². The van der Waals surface area contributed by atoms with Crippen LogP contribution in [0.15, 0.2) is 30.5 Å². The molecule has 7 nitrogen and oxygen atoms in total. The van der Waals surface area contributed by atoms with Crippen molar-refractivity contribution in [2.24, 2.45) is 0 Å². The fraction of sp³-hybridized carbons (Fsp3) is 0.429. The Morgan fingerprint density at radius 1 is 1.11 bits per heavy atom. The average Bonchev–Trinajstić information content (AvgIpc) is 2.58. The van der Waals surface area contributed by atoms with Crippen molar-refractivity contribution in [1.29, 1.82) is 0 Å². The van der Waals surface area contributed by atoms with Crippen molar-refractivity contribution in [1.82, 2.24) is 15.3 Å². The van der Waals surface area contributed by atoms with Crippen LogP contribution in [-0.4, -0.2) is 28.1 Å². The van der Waals surface area contributed by atoms with Gasteiger partial charge in [-0.25, -0.2) is 9.78 Å². The number of carbonyl (C=O) groups excluding carboxylic acids is 2. The topological polar surface area (TPSA) is 93.2 Å². The minimum Gasteiger partial charge on any atom is -0.444 e. The van der Waals surface area contributed by atoms with Crippen LogP contribution >= 0.6 is 0 Å². The number of aromatic nitrogens is 2. The summed E-state index contributed by atoms with van der Waals surface area (Å²) in [6.45, 7) is 12.0. The average molecular weight is 384 g/mol. The molecule has 28 heavy (non-hydrogen) atoms. The molecule has 0 aliphatic heterocycles. The van der Waals surface area contributed by atoms with Gasteiger partial charge < -0.3 is 10.1 Å². The van der Waals surface area contributed by atoms with Crippen LogP contribution in [0.3, 0.4) is 0 Å². The van der Waals surface area contributed by atoms with E-state index in [2.05, 4.69) is 41.4 Å². The smallest absolute Gasteiger partial charge is 0.413 e. The number of ether oxygens (including phenoxy) is 1. The second-order valence-corrected chi connectivity index (χ2v) is 8.50. The van der Waals surface area contributed by atoms with Crippen molar-refractivity contribution in [3.8, 4) is 11.3 Å². The summed E-state index contributed by atoms with van der Waals surface area (Å²) in [5.41, 5.74) is 2.65. The predicted octanol–water partition coefficient (Wildman–Crippen LogP) is 4.03. The maximum atomic E-state index is 12.0. The van der Waals surface area contributed by atoms with Gasteiger partial charge in [0.05, 0.1) is 24.1 Å². The molecular weight excluding hydrogens is 356 g/mol. The third kappa shape index (κ3) is 6.04. The molecule has 0 aliphatic rings. The Kier molecular flexibility index (Phi) is 6.38. The summed E-state index contributed by atoms with van der Waals surface area (Å²) in [6, 6.07) is 8.02. The van der Waals surface area contributed by atoms with Crippen LogP contribution in [0.5, 0.6) is 0 Å². The Morgan fingerprint density at radius 3 is 2.29 bits per heavy atom. The van der Waals surface area contributed by atoms with E-state index >= 15 is 0 Å². The number of benzene rings is 1. The van der Waals surface area contributed by atoms with E-state index in [1.54, 1.807) is 20.8 Å². The number of nitrogens with zero attached hydrogens (tertiary/aromatic N) is 2. The molecule has 0 saturated heterocycles. The molecule has 0 unspecified atom stereocenters. The summed E-state index contributed by atoms with van der Waals surface area (Å²) in [5, 5.41) is 5.21. The van der Waals surface area contributed by atoms with Gasteiger partial charge >= 0.3 is 6.09 Å². The second-order valence-electron chi connectivity index (χ2n) is 8.50. The third-order valence-electron chi connectivity index (χ3n) is 3.85. The Bertz CT molecular complexity index is 834. The lowest BCUT2D eigenvalue weighted by atomic mass is 9.86. The second kappa shape index (κ2) is 8.37. The van der Waals surface area contributed by atoms with Crippen molar-refractivity contribution >= 4 is 18.3 Å². The molecule has 7 heteroatoms. The number of anilines is 1.